The fraction of sp³-hybridized carbons (Fsp3) is 0.318. The molecule has 1 aliphatic rings. The van der Waals surface area contributed by atoms with Crippen LogP contribution in [0.25, 0.3) is 16.6 Å². The second kappa shape index (κ2) is 8.19. The number of thioether (sulfide) groups is 1. The molecule has 6 heteroatoms. The van der Waals surface area contributed by atoms with E-state index < -0.39 is 0 Å². The fourth-order valence-corrected chi connectivity index (χ4v) is 4.48. The van der Waals surface area contributed by atoms with Crippen molar-refractivity contribution in [3.05, 3.63) is 64.4 Å². The smallest absolute Gasteiger partial charge is 0.266 e. The van der Waals surface area contributed by atoms with Crippen LogP contribution in [-0.2, 0) is 4.79 Å². The van der Waals surface area contributed by atoms with E-state index in [1.165, 1.54) is 18.2 Å². The van der Waals surface area contributed by atoms with Crippen LogP contribution in [0, 0.1) is 6.92 Å². The Morgan fingerprint density at radius 2 is 1.86 bits per heavy atom. The average Bonchev–Trinajstić information content (AvgIpc) is 2.73. The lowest BCUT2D eigenvalue weighted by molar-refractivity contribution is -0.129. The lowest BCUT2D eigenvalue weighted by Crippen LogP contribution is -2.36. The van der Waals surface area contributed by atoms with Crippen molar-refractivity contribution in [2.24, 2.45) is 0 Å². The van der Waals surface area contributed by atoms with E-state index in [4.69, 9.17) is 4.98 Å². The van der Waals surface area contributed by atoms with Crippen LogP contribution in [0.5, 0.6) is 0 Å². The van der Waals surface area contributed by atoms with Gasteiger partial charge in [-0.15, -0.1) is 0 Å². The van der Waals surface area contributed by atoms with Crippen LogP contribution in [0.2, 0.25) is 0 Å². The summed E-state index contributed by atoms with van der Waals surface area (Å²) in [5.41, 5.74) is 2.39. The topological polar surface area (TPSA) is 55.2 Å². The van der Waals surface area contributed by atoms with Gasteiger partial charge in [0.1, 0.15) is 0 Å². The average molecular weight is 394 g/mol. The fourth-order valence-electron chi connectivity index (χ4n) is 3.56. The van der Waals surface area contributed by atoms with Gasteiger partial charge in [0, 0.05) is 13.1 Å². The predicted molar refractivity (Wildman–Crippen MR) is 113 cm³/mol. The zero-order valence-electron chi connectivity index (χ0n) is 15.9. The maximum Gasteiger partial charge on any atom is 0.266 e. The summed E-state index contributed by atoms with van der Waals surface area (Å²) in [5.74, 6) is 0.402. The first kappa shape index (κ1) is 18.7. The number of benzene rings is 2. The largest absolute Gasteiger partial charge is 0.342 e. The third-order valence-electron chi connectivity index (χ3n) is 5.04. The van der Waals surface area contributed by atoms with Crippen LogP contribution in [0.1, 0.15) is 24.8 Å². The molecule has 1 saturated heterocycles. The Hall–Kier alpha value is -2.60. The van der Waals surface area contributed by atoms with Crippen molar-refractivity contribution in [1.29, 1.82) is 0 Å². The minimum Gasteiger partial charge on any atom is -0.342 e. The Bertz CT molecular complexity index is 1070. The Balaban J connectivity index is 1.72. The van der Waals surface area contributed by atoms with Gasteiger partial charge in [-0.3, -0.25) is 14.2 Å². The summed E-state index contributed by atoms with van der Waals surface area (Å²) in [5, 5.41) is 1.13. The summed E-state index contributed by atoms with van der Waals surface area (Å²) in [6, 6.07) is 15.2. The normalized spacial score (nSPS) is 14.4. The van der Waals surface area contributed by atoms with Crippen molar-refractivity contribution in [3.8, 4) is 5.69 Å². The molecular weight excluding hydrogens is 370 g/mol. The standard InChI is InChI=1S/C22H23N3O2S/c1-16-8-7-9-17(14-16)25-21(27)18-10-3-4-11-19(18)23-22(25)28-15-20(26)24-12-5-2-6-13-24/h3-4,7-11,14H,2,5-6,12-13,15H2,1H3. The molecule has 1 amide bonds. The minimum atomic E-state index is -0.107. The molecule has 0 aliphatic carbocycles. The number of nitrogens with zero attached hydrogens (tertiary/aromatic N) is 3. The molecule has 1 fully saturated rings. The molecule has 28 heavy (non-hydrogen) atoms. The van der Waals surface area contributed by atoms with Gasteiger partial charge in [0.05, 0.1) is 22.3 Å². The number of aryl methyl sites for hydroxylation is 1. The number of carbonyl (C=O) groups is 1. The quantitative estimate of drug-likeness (QED) is 0.500. The first-order chi connectivity index (χ1) is 13.6. The monoisotopic (exact) mass is 393 g/mol. The van der Waals surface area contributed by atoms with E-state index in [9.17, 15) is 9.59 Å². The molecule has 2 aromatic carbocycles. The van der Waals surface area contributed by atoms with Gasteiger partial charge in [0.15, 0.2) is 5.16 Å². The van der Waals surface area contributed by atoms with Gasteiger partial charge in [-0.05, 0) is 56.0 Å². The third-order valence-corrected chi connectivity index (χ3v) is 5.96. The number of hydrogen-bond acceptors (Lipinski definition) is 4. The van der Waals surface area contributed by atoms with Gasteiger partial charge in [0.2, 0.25) is 5.91 Å². The maximum absolute atomic E-state index is 13.2. The van der Waals surface area contributed by atoms with Crippen molar-refractivity contribution in [3.63, 3.8) is 0 Å². The molecule has 1 aromatic heterocycles. The number of para-hydroxylation sites is 1. The second-order valence-corrected chi connectivity index (χ2v) is 8.06. The first-order valence-electron chi connectivity index (χ1n) is 9.63. The first-order valence-corrected chi connectivity index (χ1v) is 10.6. The molecule has 1 aliphatic heterocycles. The van der Waals surface area contributed by atoms with Crippen molar-refractivity contribution < 1.29 is 4.79 Å². The molecule has 3 aromatic rings. The molecule has 0 saturated carbocycles. The van der Waals surface area contributed by atoms with Gasteiger partial charge in [-0.1, -0.05) is 36.0 Å². The molecular formula is C22H23N3O2S. The van der Waals surface area contributed by atoms with E-state index >= 15 is 0 Å². The molecule has 0 N–H and O–H groups in total. The molecule has 5 nitrogen and oxygen atoms in total. The summed E-state index contributed by atoms with van der Waals surface area (Å²) < 4.78 is 1.63. The van der Waals surface area contributed by atoms with Crippen LogP contribution in [-0.4, -0.2) is 39.2 Å². The molecule has 144 valence electrons. The number of rotatable bonds is 4. The predicted octanol–water partition coefficient (Wildman–Crippen LogP) is 3.80. The lowest BCUT2D eigenvalue weighted by Gasteiger charge is -2.26. The maximum atomic E-state index is 13.2. The molecule has 2 heterocycles. The number of likely N-dealkylation sites (tertiary alicyclic amines) is 1. The summed E-state index contributed by atoms with van der Waals surface area (Å²) in [7, 11) is 0. The van der Waals surface area contributed by atoms with E-state index in [1.54, 1.807) is 10.6 Å². The number of amides is 1. The highest BCUT2D eigenvalue weighted by molar-refractivity contribution is 7.99. The Morgan fingerprint density at radius 3 is 2.64 bits per heavy atom. The zero-order valence-corrected chi connectivity index (χ0v) is 16.7. The van der Waals surface area contributed by atoms with Crippen molar-refractivity contribution >= 4 is 28.6 Å². The Morgan fingerprint density at radius 1 is 1.07 bits per heavy atom. The molecule has 0 atom stereocenters. The van der Waals surface area contributed by atoms with Crippen LogP contribution in [0.3, 0.4) is 0 Å². The van der Waals surface area contributed by atoms with E-state index in [1.807, 2.05) is 54.3 Å². The third kappa shape index (κ3) is 3.83. The van der Waals surface area contributed by atoms with Crippen LogP contribution in [0.15, 0.2) is 58.5 Å². The number of fused-ring (bicyclic) bond motifs is 1. The number of aromatic nitrogens is 2. The molecule has 0 radical (unpaired) electrons. The summed E-state index contributed by atoms with van der Waals surface area (Å²) in [4.78, 5) is 32.5. The number of piperidine rings is 1. The van der Waals surface area contributed by atoms with Crippen LogP contribution < -0.4 is 5.56 Å². The highest BCUT2D eigenvalue weighted by Gasteiger charge is 2.19. The van der Waals surface area contributed by atoms with E-state index in [2.05, 4.69) is 0 Å². The van der Waals surface area contributed by atoms with Gasteiger partial charge >= 0.3 is 0 Å². The molecule has 0 spiro atoms. The molecule has 0 unspecified atom stereocenters. The number of hydrogen-bond donors (Lipinski definition) is 0. The highest BCUT2D eigenvalue weighted by atomic mass is 32.2. The van der Waals surface area contributed by atoms with Crippen molar-refractivity contribution in [2.45, 2.75) is 31.3 Å². The van der Waals surface area contributed by atoms with Gasteiger partial charge in [-0.25, -0.2) is 4.98 Å². The zero-order chi connectivity index (χ0) is 19.5. The summed E-state index contributed by atoms with van der Waals surface area (Å²) in [6.45, 7) is 3.65. The highest BCUT2D eigenvalue weighted by Crippen LogP contribution is 2.23. The molecule has 4 rings (SSSR count). The Kier molecular flexibility index (Phi) is 5.48. The van der Waals surface area contributed by atoms with Crippen molar-refractivity contribution in [1.82, 2.24) is 14.5 Å². The van der Waals surface area contributed by atoms with Crippen molar-refractivity contribution in [2.75, 3.05) is 18.8 Å². The van der Waals surface area contributed by atoms with Crippen LogP contribution in [0.4, 0.5) is 0 Å². The SMILES string of the molecule is Cc1cccc(-n2c(SCC(=O)N3CCCCC3)nc3ccccc3c2=O)c1. The molecule has 0 bridgehead atoms. The van der Waals surface area contributed by atoms with Gasteiger partial charge in [-0.2, -0.15) is 0 Å². The van der Waals surface area contributed by atoms with Crippen LogP contribution >= 0.6 is 11.8 Å². The summed E-state index contributed by atoms with van der Waals surface area (Å²) >= 11 is 1.34. The van der Waals surface area contributed by atoms with E-state index in [0.29, 0.717) is 16.1 Å². The Labute approximate surface area is 168 Å². The van der Waals surface area contributed by atoms with Gasteiger partial charge in [0.25, 0.3) is 5.56 Å². The summed E-state index contributed by atoms with van der Waals surface area (Å²) in [6.07, 6.45) is 3.33. The second-order valence-electron chi connectivity index (χ2n) is 7.12. The lowest BCUT2D eigenvalue weighted by atomic mass is 10.1. The van der Waals surface area contributed by atoms with Gasteiger partial charge < -0.3 is 4.90 Å². The van der Waals surface area contributed by atoms with E-state index in [0.717, 1.165) is 37.2 Å². The van der Waals surface area contributed by atoms with E-state index in [-0.39, 0.29) is 17.2 Å². The number of carbonyl (C=O) groups excluding carboxylic acids is 1. The minimum absolute atomic E-state index is 0.107.